The Balaban J connectivity index is 2.16. The Hall–Kier alpha value is -0.930. The molecule has 2 rings (SSSR count). The zero-order chi connectivity index (χ0) is 18.2. The summed E-state index contributed by atoms with van der Waals surface area (Å²) in [7, 11) is 0. The minimum Gasteiger partial charge on any atom is -0.479 e. The van der Waals surface area contributed by atoms with Crippen LogP contribution in [0.4, 0.5) is 0 Å². The lowest BCUT2D eigenvalue weighted by atomic mass is 9.97. The number of carboxylic acid groups (broad SMARTS) is 1. The van der Waals surface area contributed by atoms with Crippen molar-refractivity contribution in [3.05, 3.63) is 0 Å². The van der Waals surface area contributed by atoms with Gasteiger partial charge in [0, 0.05) is 0 Å². The number of aliphatic hydroxyl groups is 7. The van der Waals surface area contributed by atoms with Crippen LogP contribution in [-0.4, -0.2) is 115 Å². The lowest BCUT2D eigenvalue weighted by Gasteiger charge is -2.44. The van der Waals surface area contributed by atoms with Crippen molar-refractivity contribution in [3.63, 3.8) is 0 Å². The van der Waals surface area contributed by atoms with E-state index in [0.717, 1.165) is 0 Å². The molecule has 2 fully saturated rings. The van der Waals surface area contributed by atoms with Crippen molar-refractivity contribution >= 4 is 5.97 Å². The molecule has 12 nitrogen and oxygen atoms in total. The van der Waals surface area contributed by atoms with E-state index in [1.807, 2.05) is 0 Å². The number of carbonyl (C=O) groups is 1. The fraction of sp³-hybridized carbons (Fsp3) is 0.917. The molecule has 24 heavy (non-hydrogen) atoms. The monoisotopic (exact) mass is 356 g/mol. The Morgan fingerprint density at radius 1 is 0.875 bits per heavy atom. The molecule has 12 heteroatoms. The first kappa shape index (κ1) is 19.4. The number of aliphatic carboxylic acids is 1. The summed E-state index contributed by atoms with van der Waals surface area (Å²) in [5.41, 5.74) is 0. The summed E-state index contributed by atoms with van der Waals surface area (Å²) in [4.78, 5) is 11.0. The molecule has 8 N–H and O–H groups in total. The van der Waals surface area contributed by atoms with Gasteiger partial charge in [-0.25, -0.2) is 4.79 Å². The van der Waals surface area contributed by atoms with Crippen LogP contribution in [0.2, 0.25) is 0 Å². The maximum atomic E-state index is 11.0. The molecule has 0 radical (unpaired) electrons. The van der Waals surface area contributed by atoms with Crippen molar-refractivity contribution in [2.45, 2.75) is 61.4 Å². The number of hydrogen-bond acceptors (Lipinski definition) is 11. The minimum atomic E-state index is -2.00. The Bertz CT molecular complexity index is 444. The van der Waals surface area contributed by atoms with Crippen LogP contribution in [0.5, 0.6) is 0 Å². The van der Waals surface area contributed by atoms with Crippen LogP contribution in [0.3, 0.4) is 0 Å². The van der Waals surface area contributed by atoms with Crippen LogP contribution in [0.25, 0.3) is 0 Å². The zero-order valence-electron chi connectivity index (χ0n) is 12.2. The lowest BCUT2D eigenvalue weighted by molar-refractivity contribution is -0.352. The Morgan fingerprint density at radius 3 is 2.04 bits per heavy atom. The SMILES string of the molecule is O=C(O)[C@H]1O[C@@H](O)[C@H](O)[C@@H](O[C@@H]2O[C@H](CO)[C@@H](O)[C@H](O)[C@H]2O)[C@@H]1O. The summed E-state index contributed by atoms with van der Waals surface area (Å²) in [5.74, 6) is -1.63. The summed E-state index contributed by atoms with van der Waals surface area (Å²) >= 11 is 0. The van der Waals surface area contributed by atoms with Crippen LogP contribution >= 0.6 is 0 Å². The summed E-state index contributed by atoms with van der Waals surface area (Å²) in [6, 6.07) is 0. The highest BCUT2D eigenvalue weighted by atomic mass is 16.7. The molecular formula is C12H20O12. The molecule has 140 valence electrons. The second-order valence-corrected chi connectivity index (χ2v) is 5.56. The maximum absolute atomic E-state index is 11.0. The van der Waals surface area contributed by atoms with Gasteiger partial charge in [0.05, 0.1) is 6.61 Å². The number of hydrogen-bond donors (Lipinski definition) is 8. The Labute approximate surface area is 135 Å². The molecule has 0 aliphatic carbocycles. The van der Waals surface area contributed by atoms with E-state index in [1.54, 1.807) is 0 Å². The summed E-state index contributed by atoms with van der Waals surface area (Å²) < 4.78 is 14.7. The van der Waals surface area contributed by atoms with Crippen LogP contribution in [0, 0.1) is 0 Å². The molecule has 0 unspecified atom stereocenters. The summed E-state index contributed by atoms with van der Waals surface area (Å²) in [6.07, 6.45) is -17.8. The van der Waals surface area contributed by atoms with Gasteiger partial charge in [0.1, 0.15) is 42.7 Å². The number of carboxylic acids is 1. The van der Waals surface area contributed by atoms with E-state index in [2.05, 4.69) is 4.74 Å². The van der Waals surface area contributed by atoms with Crippen molar-refractivity contribution in [3.8, 4) is 0 Å². The predicted molar refractivity (Wildman–Crippen MR) is 69.2 cm³/mol. The second-order valence-electron chi connectivity index (χ2n) is 5.56. The molecule has 2 aliphatic rings. The first-order valence-corrected chi connectivity index (χ1v) is 7.07. The van der Waals surface area contributed by atoms with Crippen molar-refractivity contribution in [2.75, 3.05) is 6.61 Å². The fourth-order valence-corrected chi connectivity index (χ4v) is 2.55. The van der Waals surface area contributed by atoms with Crippen molar-refractivity contribution in [1.29, 1.82) is 0 Å². The van der Waals surface area contributed by atoms with Gasteiger partial charge in [-0.1, -0.05) is 0 Å². The van der Waals surface area contributed by atoms with Crippen molar-refractivity contribution in [2.24, 2.45) is 0 Å². The van der Waals surface area contributed by atoms with E-state index in [9.17, 15) is 35.4 Å². The average Bonchev–Trinajstić information content (AvgIpc) is 2.54. The van der Waals surface area contributed by atoms with Gasteiger partial charge in [0.15, 0.2) is 18.7 Å². The number of ether oxygens (including phenoxy) is 3. The maximum Gasteiger partial charge on any atom is 0.335 e. The molecule has 0 amide bonds. The highest BCUT2D eigenvalue weighted by Gasteiger charge is 2.51. The van der Waals surface area contributed by atoms with E-state index >= 15 is 0 Å². The first-order chi connectivity index (χ1) is 11.2. The van der Waals surface area contributed by atoms with E-state index < -0.39 is 74.0 Å². The van der Waals surface area contributed by atoms with Gasteiger partial charge >= 0.3 is 5.97 Å². The standard InChI is InChI=1S/C12H20O12/c13-1-2-3(14)4(15)5(16)12(22-2)24-8-6(17)9(10(19)20)23-11(21)7(8)18/h2-9,11-18,21H,1H2,(H,19,20)/t2-,3-,4+,5-,6+,7-,8+,9+,11-,12+/m1/s1. The molecular weight excluding hydrogens is 336 g/mol. The molecule has 0 aromatic rings. The Morgan fingerprint density at radius 2 is 1.50 bits per heavy atom. The van der Waals surface area contributed by atoms with E-state index in [0.29, 0.717) is 0 Å². The smallest absolute Gasteiger partial charge is 0.335 e. The fourth-order valence-electron chi connectivity index (χ4n) is 2.55. The molecule has 0 aromatic heterocycles. The highest BCUT2D eigenvalue weighted by molar-refractivity contribution is 5.73. The quantitative estimate of drug-likeness (QED) is 0.238. The molecule has 2 aliphatic heterocycles. The van der Waals surface area contributed by atoms with Crippen LogP contribution < -0.4 is 0 Å². The normalized spacial score (nSPS) is 49.8. The molecule has 2 saturated heterocycles. The number of aliphatic hydroxyl groups excluding tert-OH is 7. The van der Waals surface area contributed by atoms with Crippen LogP contribution in [0.1, 0.15) is 0 Å². The van der Waals surface area contributed by atoms with Gasteiger partial charge < -0.3 is 55.1 Å². The van der Waals surface area contributed by atoms with Gasteiger partial charge in [-0.3, -0.25) is 0 Å². The topological polar surface area (TPSA) is 207 Å². The van der Waals surface area contributed by atoms with Gasteiger partial charge in [0.2, 0.25) is 0 Å². The van der Waals surface area contributed by atoms with E-state index in [1.165, 1.54) is 0 Å². The van der Waals surface area contributed by atoms with Gasteiger partial charge in [-0.2, -0.15) is 0 Å². The van der Waals surface area contributed by atoms with Gasteiger partial charge in [0.25, 0.3) is 0 Å². The minimum absolute atomic E-state index is 0.732. The van der Waals surface area contributed by atoms with E-state index in [-0.39, 0.29) is 0 Å². The molecule has 0 spiro atoms. The Kier molecular flexibility index (Phi) is 6.09. The second kappa shape index (κ2) is 7.53. The van der Waals surface area contributed by atoms with E-state index in [4.69, 9.17) is 19.7 Å². The highest BCUT2D eigenvalue weighted by Crippen LogP contribution is 2.28. The van der Waals surface area contributed by atoms with Crippen molar-refractivity contribution in [1.82, 2.24) is 0 Å². The third-order valence-electron chi connectivity index (χ3n) is 3.94. The van der Waals surface area contributed by atoms with Gasteiger partial charge in [-0.05, 0) is 0 Å². The summed E-state index contributed by atoms with van der Waals surface area (Å²) in [5, 5.41) is 76.4. The third kappa shape index (κ3) is 3.52. The zero-order valence-corrected chi connectivity index (χ0v) is 12.2. The van der Waals surface area contributed by atoms with Gasteiger partial charge in [-0.15, -0.1) is 0 Å². The largest absolute Gasteiger partial charge is 0.479 e. The molecule has 0 saturated carbocycles. The third-order valence-corrected chi connectivity index (χ3v) is 3.94. The molecule has 0 aromatic carbocycles. The summed E-state index contributed by atoms with van der Waals surface area (Å²) in [6.45, 7) is -0.732. The predicted octanol–water partition coefficient (Wildman–Crippen LogP) is -5.30. The first-order valence-electron chi connectivity index (χ1n) is 7.07. The molecule has 0 bridgehead atoms. The molecule has 2 heterocycles. The van der Waals surface area contributed by atoms with Crippen molar-refractivity contribution < 1.29 is 59.9 Å². The lowest BCUT2D eigenvalue weighted by Crippen LogP contribution is -2.65. The van der Waals surface area contributed by atoms with Crippen LogP contribution in [-0.2, 0) is 19.0 Å². The number of rotatable bonds is 4. The molecule has 10 atom stereocenters. The average molecular weight is 356 g/mol. The van der Waals surface area contributed by atoms with Crippen LogP contribution in [0.15, 0.2) is 0 Å².